The molecule has 0 bridgehead atoms. The molecule has 0 fully saturated rings. The van der Waals surface area contributed by atoms with E-state index < -0.39 is 11.4 Å². The van der Waals surface area contributed by atoms with Crippen LogP contribution in [0.25, 0.3) is 0 Å². The Labute approximate surface area is 192 Å². The van der Waals surface area contributed by atoms with Crippen LogP contribution in [0.5, 0.6) is 11.5 Å². The smallest absolute Gasteiger partial charge is 0.440 e. The molecule has 3 aromatic carbocycles. The fourth-order valence-corrected chi connectivity index (χ4v) is 3.47. The minimum absolute atomic E-state index is 0.0552. The molecule has 0 spiro atoms. The van der Waals surface area contributed by atoms with E-state index in [0.717, 1.165) is 15.9 Å². The first-order valence-corrected chi connectivity index (χ1v) is 10.4. The average Bonchev–Trinajstić information content (AvgIpc) is 3.08. The molecule has 0 saturated heterocycles. The lowest BCUT2D eigenvalue weighted by molar-refractivity contribution is 0.250. The van der Waals surface area contributed by atoms with Gasteiger partial charge >= 0.3 is 11.4 Å². The van der Waals surface area contributed by atoms with Gasteiger partial charge in [-0.25, -0.2) is 14.6 Å². The maximum Gasteiger partial charge on any atom is 0.440 e. The van der Waals surface area contributed by atoms with E-state index in [0.29, 0.717) is 33.7 Å². The Morgan fingerprint density at radius 2 is 1.41 bits per heavy atom. The predicted octanol–water partition coefficient (Wildman–Crippen LogP) is 4.64. The van der Waals surface area contributed by atoms with E-state index >= 15 is 0 Å². The Morgan fingerprint density at radius 3 is 1.97 bits per heavy atom. The van der Waals surface area contributed by atoms with Gasteiger partial charge in [-0.1, -0.05) is 53.5 Å². The molecule has 1 aromatic heterocycles. The number of hydrogen-bond donors (Lipinski definition) is 1. The van der Waals surface area contributed by atoms with Crippen LogP contribution in [0.4, 0.5) is 0 Å². The van der Waals surface area contributed by atoms with Crippen molar-refractivity contribution in [1.82, 2.24) is 9.72 Å². The topological polar surface area (TPSA) is 86.5 Å². The van der Waals surface area contributed by atoms with Gasteiger partial charge in [0.1, 0.15) is 13.2 Å². The molecule has 32 heavy (non-hydrogen) atoms. The molecule has 164 valence electrons. The van der Waals surface area contributed by atoms with E-state index in [2.05, 4.69) is 4.98 Å². The normalized spacial score (nSPS) is 10.8. The van der Waals surface area contributed by atoms with Gasteiger partial charge in [0.05, 0.1) is 6.54 Å². The molecule has 1 heterocycles. The zero-order valence-corrected chi connectivity index (χ0v) is 18.2. The molecule has 0 aliphatic rings. The van der Waals surface area contributed by atoms with Gasteiger partial charge in [0.2, 0.25) is 0 Å². The largest absolute Gasteiger partial charge is 0.485 e. The summed E-state index contributed by atoms with van der Waals surface area (Å²) in [7, 11) is 0. The number of hydrogen-bond acceptors (Lipinski definition) is 5. The Hall–Kier alpha value is -3.42. The van der Waals surface area contributed by atoms with Crippen LogP contribution >= 0.6 is 23.2 Å². The number of halogens is 2. The lowest BCUT2D eigenvalue weighted by Gasteiger charge is -2.15. The van der Waals surface area contributed by atoms with Gasteiger partial charge in [0, 0.05) is 10.0 Å². The van der Waals surface area contributed by atoms with Crippen LogP contribution in [-0.2, 0) is 19.8 Å². The molecule has 0 saturated carbocycles. The summed E-state index contributed by atoms with van der Waals surface area (Å²) in [5.74, 6) is 0.169. The van der Waals surface area contributed by atoms with Gasteiger partial charge in [-0.05, 0) is 53.1 Å². The molecular weight excluding hydrogens is 455 g/mol. The quantitative estimate of drug-likeness (QED) is 0.403. The summed E-state index contributed by atoms with van der Waals surface area (Å²) in [5, 5.41) is 1.23. The van der Waals surface area contributed by atoms with Gasteiger partial charge in [-0.15, -0.1) is 4.74 Å². The fourth-order valence-electron chi connectivity index (χ4n) is 3.04. The van der Waals surface area contributed by atoms with Crippen molar-refractivity contribution in [2.75, 3.05) is 0 Å². The van der Waals surface area contributed by atoms with E-state index in [9.17, 15) is 9.59 Å². The summed E-state index contributed by atoms with van der Waals surface area (Å²) in [5.41, 5.74) is 1.85. The Morgan fingerprint density at radius 1 is 0.781 bits per heavy atom. The summed E-state index contributed by atoms with van der Waals surface area (Å²) in [6.45, 7) is 0.607. The van der Waals surface area contributed by atoms with Crippen molar-refractivity contribution in [1.29, 1.82) is 0 Å². The third-order valence-electron chi connectivity index (χ3n) is 4.53. The standard InChI is InChI=1S/C23H18Cl2N2O5/c24-18-5-1-3-16(9-18)13-30-20-8-7-15(12-27-22(28)26-23(29)32-27)11-21(20)31-14-17-4-2-6-19(25)10-17/h1-11H,12-14H2,(H,26,28,29). The van der Waals surface area contributed by atoms with Crippen molar-refractivity contribution in [3.8, 4) is 11.5 Å². The number of aromatic nitrogens is 2. The maximum absolute atomic E-state index is 11.8. The van der Waals surface area contributed by atoms with Crippen molar-refractivity contribution in [2.45, 2.75) is 19.8 Å². The average molecular weight is 473 g/mol. The second-order valence-corrected chi connectivity index (χ2v) is 7.84. The Bertz CT molecular complexity index is 1340. The molecule has 0 radical (unpaired) electrons. The summed E-state index contributed by atoms with van der Waals surface area (Å²) < 4.78 is 17.7. The van der Waals surface area contributed by atoms with E-state index in [4.69, 9.17) is 37.2 Å². The van der Waals surface area contributed by atoms with Gasteiger partial charge in [0.15, 0.2) is 11.5 Å². The first-order valence-electron chi connectivity index (χ1n) is 9.64. The highest BCUT2D eigenvalue weighted by Gasteiger charge is 2.11. The Kier molecular flexibility index (Phi) is 6.68. The number of nitrogens with one attached hydrogen (secondary N) is 1. The van der Waals surface area contributed by atoms with Crippen molar-refractivity contribution >= 4 is 23.2 Å². The summed E-state index contributed by atoms with van der Waals surface area (Å²) in [4.78, 5) is 25.1. The van der Waals surface area contributed by atoms with Crippen molar-refractivity contribution < 1.29 is 14.0 Å². The van der Waals surface area contributed by atoms with Crippen LogP contribution in [0.2, 0.25) is 10.0 Å². The summed E-state index contributed by atoms with van der Waals surface area (Å²) >= 11 is 12.1. The molecule has 0 aliphatic carbocycles. The first kappa shape index (κ1) is 21.8. The van der Waals surface area contributed by atoms with Gasteiger partial charge < -0.3 is 14.0 Å². The third kappa shape index (κ3) is 5.63. The first-order chi connectivity index (χ1) is 15.5. The predicted molar refractivity (Wildman–Crippen MR) is 121 cm³/mol. The minimum atomic E-state index is -0.811. The third-order valence-corrected chi connectivity index (χ3v) is 5.00. The van der Waals surface area contributed by atoms with E-state index in [1.807, 2.05) is 36.4 Å². The molecule has 9 heteroatoms. The maximum atomic E-state index is 11.8. The molecule has 0 aliphatic heterocycles. The minimum Gasteiger partial charge on any atom is -0.485 e. The zero-order chi connectivity index (χ0) is 22.5. The van der Waals surface area contributed by atoms with Gasteiger partial charge in [-0.3, -0.25) is 0 Å². The van der Waals surface area contributed by atoms with Crippen LogP contribution in [0.1, 0.15) is 16.7 Å². The number of rotatable bonds is 8. The van der Waals surface area contributed by atoms with Crippen molar-refractivity contribution in [3.05, 3.63) is 115 Å². The second kappa shape index (κ2) is 9.80. The highest BCUT2D eigenvalue weighted by atomic mass is 35.5. The molecule has 1 N–H and O–H groups in total. The molecule has 4 rings (SSSR count). The van der Waals surface area contributed by atoms with Crippen LogP contribution in [0, 0.1) is 0 Å². The fraction of sp³-hybridized carbons (Fsp3) is 0.130. The molecule has 0 amide bonds. The molecule has 0 unspecified atom stereocenters. The second-order valence-electron chi connectivity index (χ2n) is 6.96. The highest BCUT2D eigenvalue weighted by molar-refractivity contribution is 6.30. The molecule has 7 nitrogen and oxygen atoms in total. The van der Waals surface area contributed by atoms with Crippen molar-refractivity contribution in [2.24, 2.45) is 0 Å². The van der Waals surface area contributed by atoms with Crippen molar-refractivity contribution in [3.63, 3.8) is 0 Å². The Balaban J connectivity index is 1.57. The van der Waals surface area contributed by atoms with E-state index in [1.54, 1.807) is 30.3 Å². The van der Waals surface area contributed by atoms with Crippen LogP contribution in [0.15, 0.2) is 80.8 Å². The number of benzene rings is 3. The van der Waals surface area contributed by atoms with E-state index in [-0.39, 0.29) is 13.2 Å². The van der Waals surface area contributed by atoms with Crippen LogP contribution < -0.4 is 20.9 Å². The van der Waals surface area contributed by atoms with E-state index in [1.165, 1.54) is 0 Å². The van der Waals surface area contributed by atoms with Crippen LogP contribution in [0.3, 0.4) is 0 Å². The molecule has 0 atom stereocenters. The zero-order valence-electron chi connectivity index (χ0n) is 16.7. The number of ether oxygens (including phenoxy) is 2. The number of aromatic amines is 1. The highest BCUT2D eigenvalue weighted by Crippen LogP contribution is 2.30. The number of nitrogens with zero attached hydrogens (tertiary/aromatic N) is 1. The summed E-state index contributed by atoms with van der Waals surface area (Å²) in [6.07, 6.45) is 0. The van der Waals surface area contributed by atoms with Gasteiger partial charge in [0.25, 0.3) is 0 Å². The van der Waals surface area contributed by atoms with Gasteiger partial charge in [-0.2, -0.15) is 0 Å². The van der Waals surface area contributed by atoms with Crippen LogP contribution in [-0.4, -0.2) is 9.72 Å². The SMILES string of the molecule is O=c1[nH]c(=O)n(Cc2ccc(OCc3cccc(Cl)c3)c(OCc3cccc(Cl)c3)c2)o1. The lowest BCUT2D eigenvalue weighted by Crippen LogP contribution is -2.17. The molecular formula is C23H18Cl2N2O5. The molecule has 4 aromatic rings. The summed E-state index contributed by atoms with van der Waals surface area (Å²) in [6, 6.07) is 19.9. The number of H-pyrrole nitrogens is 1. The lowest BCUT2D eigenvalue weighted by atomic mass is 10.2. The monoisotopic (exact) mass is 472 g/mol.